The van der Waals surface area contributed by atoms with Gasteiger partial charge in [-0.25, -0.2) is 4.99 Å². The van der Waals surface area contributed by atoms with Crippen LogP contribution in [0.5, 0.6) is 0 Å². The van der Waals surface area contributed by atoms with Gasteiger partial charge in [-0.3, -0.25) is 4.40 Å². The maximum atomic E-state index is 6.04. The molecular weight excluding hydrogens is 498 g/mol. The van der Waals surface area contributed by atoms with Crippen molar-refractivity contribution in [2.75, 3.05) is 13.1 Å². The zero-order chi connectivity index (χ0) is 18.4. The number of pyridine rings is 1. The van der Waals surface area contributed by atoms with Crippen molar-refractivity contribution >= 4 is 58.8 Å². The summed E-state index contributed by atoms with van der Waals surface area (Å²) in [6.45, 7) is 3.95. The fourth-order valence-corrected chi connectivity index (χ4v) is 3.14. The molecule has 3 rings (SSSR count). The van der Waals surface area contributed by atoms with Gasteiger partial charge in [-0.1, -0.05) is 29.3 Å². The van der Waals surface area contributed by atoms with Crippen molar-refractivity contribution < 1.29 is 0 Å². The first-order chi connectivity index (χ1) is 12.7. The van der Waals surface area contributed by atoms with E-state index >= 15 is 0 Å². The molecule has 0 aliphatic rings. The third kappa shape index (κ3) is 6.22. The average molecular weight is 519 g/mol. The molecule has 9 heteroatoms. The van der Waals surface area contributed by atoms with Gasteiger partial charge in [0, 0.05) is 29.3 Å². The molecule has 144 valence electrons. The van der Waals surface area contributed by atoms with E-state index in [2.05, 4.69) is 25.8 Å². The zero-order valence-corrected chi connectivity index (χ0v) is 18.7. The van der Waals surface area contributed by atoms with Crippen molar-refractivity contribution in [3.63, 3.8) is 0 Å². The largest absolute Gasteiger partial charge is 0.357 e. The minimum absolute atomic E-state index is 0. The van der Waals surface area contributed by atoms with Crippen molar-refractivity contribution in [3.8, 4) is 0 Å². The molecule has 1 aromatic carbocycles. The van der Waals surface area contributed by atoms with Crippen LogP contribution in [-0.4, -0.2) is 33.6 Å². The zero-order valence-electron chi connectivity index (χ0n) is 14.8. The molecule has 0 bridgehead atoms. The fraction of sp³-hybridized carbons (Fsp3) is 0.278. The molecule has 0 unspecified atom stereocenters. The lowest BCUT2D eigenvalue weighted by Crippen LogP contribution is -2.38. The number of fused-ring (bicyclic) bond motifs is 1. The SMILES string of the molecule is CCNC(=NCc1nnc2ccccn12)NCCc1cc(Cl)cc(Cl)c1.I. The van der Waals surface area contributed by atoms with Crippen LogP contribution in [0.15, 0.2) is 47.6 Å². The van der Waals surface area contributed by atoms with Crippen LogP contribution in [0.25, 0.3) is 5.65 Å². The number of hydrogen-bond acceptors (Lipinski definition) is 3. The Morgan fingerprint density at radius 2 is 1.89 bits per heavy atom. The lowest BCUT2D eigenvalue weighted by Gasteiger charge is -2.11. The van der Waals surface area contributed by atoms with Gasteiger partial charge in [0.1, 0.15) is 6.54 Å². The van der Waals surface area contributed by atoms with Crippen molar-refractivity contribution in [2.24, 2.45) is 4.99 Å². The summed E-state index contributed by atoms with van der Waals surface area (Å²) in [5.41, 5.74) is 1.89. The smallest absolute Gasteiger partial charge is 0.191 e. The number of aromatic nitrogens is 3. The summed E-state index contributed by atoms with van der Waals surface area (Å²) < 4.78 is 1.93. The molecule has 27 heavy (non-hydrogen) atoms. The highest BCUT2D eigenvalue weighted by Gasteiger charge is 2.05. The predicted octanol–water partition coefficient (Wildman–Crippen LogP) is 3.95. The molecule has 0 saturated carbocycles. The van der Waals surface area contributed by atoms with E-state index in [1.165, 1.54) is 0 Å². The first-order valence-corrected chi connectivity index (χ1v) is 9.17. The van der Waals surface area contributed by atoms with Crippen LogP contribution in [0.4, 0.5) is 0 Å². The first kappa shape index (κ1) is 21.7. The first-order valence-electron chi connectivity index (χ1n) is 8.41. The molecule has 0 spiro atoms. The molecule has 0 fully saturated rings. The Labute approximate surface area is 185 Å². The molecule has 0 amide bonds. The fourth-order valence-electron chi connectivity index (χ4n) is 2.57. The van der Waals surface area contributed by atoms with E-state index in [-0.39, 0.29) is 24.0 Å². The molecule has 2 heterocycles. The highest BCUT2D eigenvalue weighted by Crippen LogP contribution is 2.19. The lowest BCUT2D eigenvalue weighted by atomic mass is 10.1. The van der Waals surface area contributed by atoms with Gasteiger partial charge < -0.3 is 10.6 Å². The van der Waals surface area contributed by atoms with E-state index in [1.807, 2.05) is 47.9 Å². The quantitative estimate of drug-likeness (QED) is 0.294. The number of nitrogens with zero attached hydrogens (tertiary/aromatic N) is 4. The molecule has 6 nitrogen and oxygen atoms in total. The maximum absolute atomic E-state index is 6.04. The van der Waals surface area contributed by atoms with Crippen LogP contribution in [-0.2, 0) is 13.0 Å². The van der Waals surface area contributed by atoms with Gasteiger partial charge in [-0.05, 0) is 49.2 Å². The minimum Gasteiger partial charge on any atom is -0.357 e. The monoisotopic (exact) mass is 518 g/mol. The Morgan fingerprint density at radius 3 is 2.63 bits per heavy atom. The van der Waals surface area contributed by atoms with Crippen molar-refractivity contribution in [1.29, 1.82) is 0 Å². The highest BCUT2D eigenvalue weighted by atomic mass is 127. The second kappa shape index (κ2) is 10.7. The molecule has 2 N–H and O–H groups in total. The Bertz CT molecular complexity index is 892. The summed E-state index contributed by atoms with van der Waals surface area (Å²) >= 11 is 12.1. The molecule has 3 aromatic rings. The number of benzene rings is 1. The van der Waals surface area contributed by atoms with Crippen LogP contribution < -0.4 is 10.6 Å². The Hall–Kier alpha value is -1.58. The summed E-state index contributed by atoms with van der Waals surface area (Å²) in [5, 5.41) is 16.2. The number of hydrogen-bond donors (Lipinski definition) is 2. The van der Waals surface area contributed by atoms with Crippen molar-refractivity contribution in [2.45, 2.75) is 19.9 Å². The van der Waals surface area contributed by atoms with E-state index in [0.29, 0.717) is 23.1 Å². The molecule has 0 aliphatic heterocycles. The average Bonchev–Trinajstić information content (AvgIpc) is 3.02. The second-order valence-electron chi connectivity index (χ2n) is 5.69. The van der Waals surface area contributed by atoms with Crippen LogP contribution in [0.2, 0.25) is 10.0 Å². The number of halogens is 3. The second-order valence-corrected chi connectivity index (χ2v) is 6.57. The van der Waals surface area contributed by atoms with Gasteiger partial charge in [-0.15, -0.1) is 34.2 Å². The van der Waals surface area contributed by atoms with Crippen molar-refractivity contribution in [1.82, 2.24) is 25.2 Å². The van der Waals surface area contributed by atoms with E-state index in [9.17, 15) is 0 Å². The number of nitrogens with one attached hydrogen (secondary N) is 2. The third-order valence-electron chi connectivity index (χ3n) is 3.74. The lowest BCUT2D eigenvalue weighted by molar-refractivity contribution is 0.787. The van der Waals surface area contributed by atoms with Gasteiger partial charge in [0.2, 0.25) is 0 Å². The van der Waals surface area contributed by atoms with Crippen molar-refractivity contribution in [3.05, 3.63) is 64.0 Å². The van der Waals surface area contributed by atoms with E-state index in [0.717, 1.165) is 36.0 Å². The number of guanidine groups is 1. The van der Waals surface area contributed by atoms with Gasteiger partial charge in [-0.2, -0.15) is 0 Å². The van der Waals surface area contributed by atoms with E-state index in [1.54, 1.807) is 6.07 Å². The standard InChI is InChI=1S/C18H20Cl2N6.HI/c1-2-21-18(22-7-6-13-9-14(19)11-15(20)10-13)23-12-17-25-24-16-5-3-4-8-26(16)17;/h3-5,8-11H,2,6-7,12H2,1H3,(H2,21,22,23);1H. The van der Waals surface area contributed by atoms with Crippen LogP contribution in [0, 0.1) is 0 Å². The Kier molecular flexibility index (Phi) is 8.59. The summed E-state index contributed by atoms with van der Waals surface area (Å²) in [5.74, 6) is 1.52. The summed E-state index contributed by atoms with van der Waals surface area (Å²) in [6, 6.07) is 11.4. The van der Waals surface area contributed by atoms with Gasteiger partial charge >= 0.3 is 0 Å². The highest BCUT2D eigenvalue weighted by molar-refractivity contribution is 14.0. The normalized spacial score (nSPS) is 11.3. The molecule has 2 aromatic heterocycles. The Balaban J connectivity index is 0.00000261. The number of rotatable bonds is 6. The number of aliphatic imine (C=N–C) groups is 1. The molecule has 0 aliphatic carbocycles. The van der Waals surface area contributed by atoms with Crippen LogP contribution >= 0.6 is 47.2 Å². The molecule has 0 saturated heterocycles. The van der Waals surface area contributed by atoms with Gasteiger partial charge in [0.25, 0.3) is 0 Å². The molecule has 0 atom stereocenters. The molecular formula is C18H21Cl2IN6. The summed E-state index contributed by atoms with van der Waals surface area (Å²) in [6.07, 6.45) is 2.72. The maximum Gasteiger partial charge on any atom is 0.191 e. The topological polar surface area (TPSA) is 66.6 Å². The van der Waals surface area contributed by atoms with E-state index in [4.69, 9.17) is 23.2 Å². The predicted molar refractivity (Wildman–Crippen MR) is 121 cm³/mol. The third-order valence-corrected chi connectivity index (χ3v) is 4.17. The van der Waals surface area contributed by atoms with Crippen LogP contribution in [0.3, 0.4) is 0 Å². The molecule has 0 radical (unpaired) electrons. The van der Waals surface area contributed by atoms with Gasteiger partial charge in [0.15, 0.2) is 17.4 Å². The summed E-state index contributed by atoms with van der Waals surface area (Å²) in [7, 11) is 0. The van der Waals surface area contributed by atoms with E-state index < -0.39 is 0 Å². The Morgan fingerprint density at radius 1 is 1.11 bits per heavy atom. The summed E-state index contributed by atoms with van der Waals surface area (Å²) in [4.78, 5) is 4.59. The van der Waals surface area contributed by atoms with Crippen LogP contribution in [0.1, 0.15) is 18.3 Å². The van der Waals surface area contributed by atoms with Gasteiger partial charge in [0.05, 0.1) is 0 Å². The minimum atomic E-state index is 0.